The van der Waals surface area contributed by atoms with E-state index in [0.717, 1.165) is 44.5 Å². The van der Waals surface area contributed by atoms with Crippen molar-refractivity contribution in [3.05, 3.63) is 67.1 Å². The van der Waals surface area contributed by atoms with E-state index in [9.17, 15) is 5.11 Å². The number of phenols is 1. The molecule has 0 fully saturated rings. The zero-order valence-electron chi connectivity index (χ0n) is 14.1. The van der Waals surface area contributed by atoms with Crippen molar-refractivity contribution in [3.63, 3.8) is 0 Å². The molecule has 0 amide bonds. The smallest absolute Gasteiger partial charge is 0.156 e. The molecule has 0 bridgehead atoms. The molecule has 0 saturated carbocycles. The fourth-order valence-electron chi connectivity index (χ4n) is 3.44. The third-order valence-electron chi connectivity index (χ3n) is 4.74. The number of hydrogen-bond acceptors (Lipinski definition) is 3. The lowest BCUT2D eigenvalue weighted by molar-refractivity contribution is 0.475. The monoisotopic (exact) mass is 340 g/mol. The van der Waals surface area contributed by atoms with Gasteiger partial charge in [0.25, 0.3) is 0 Å². The summed E-state index contributed by atoms with van der Waals surface area (Å²) in [4.78, 5) is 12.1. The topological polar surface area (TPSA) is 66.7 Å². The lowest BCUT2D eigenvalue weighted by Gasteiger charge is -2.04. The normalized spacial score (nSPS) is 11.4. The van der Waals surface area contributed by atoms with E-state index in [4.69, 9.17) is 0 Å². The molecule has 3 heterocycles. The van der Waals surface area contributed by atoms with Gasteiger partial charge >= 0.3 is 0 Å². The van der Waals surface area contributed by atoms with Crippen molar-refractivity contribution >= 4 is 22.1 Å². The molecule has 2 aromatic carbocycles. The summed E-state index contributed by atoms with van der Waals surface area (Å²) in [6.07, 6.45) is 5.51. The number of aromatic nitrogens is 4. The molecule has 0 aliphatic heterocycles. The van der Waals surface area contributed by atoms with Crippen molar-refractivity contribution < 1.29 is 5.11 Å². The van der Waals surface area contributed by atoms with Gasteiger partial charge in [0, 0.05) is 42.1 Å². The van der Waals surface area contributed by atoms with Crippen LogP contribution in [0.5, 0.6) is 5.75 Å². The van der Waals surface area contributed by atoms with Crippen molar-refractivity contribution in [3.8, 4) is 28.1 Å². The van der Waals surface area contributed by atoms with E-state index in [0.29, 0.717) is 0 Å². The van der Waals surface area contributed by atoms with Crippen LogP contribution in [0.2, 0.25) is 0 Å². The lowest BCUT2D eigenvalue weighted by Crippen LogP contribution is -1.83. The summed E-state index contributed by atoms with van der Waals surface area (Å²) in [5.74, 6) is 0.272. The summed E-state index contributed by atoms with van der Waals surface area (Å²) < 4.78 is 2.12. The molecule has 2 N–H and O–H groups in total. The molecule has 0 aliphatic rings. The van der Waals surface area contributed by atoms with Crippen LogP contribution in [0.3, 0.4) is 0 Å². The third-order valence-corrected chi connectivity index (χ3v) is 4.74. The largest absolute Gasteiger partial charge is 0.508 e. The van der Waals surface area contributed by atoms with Gasteiger partial charge in [-0.3, -0.25) is 4.98 Å². The Hall–Kier alpha value is -3.60. The number of aromatic amines is 1. The highest BCUT2D eigenvalue weighted by molar-refractivity contribution is 5.99. The first-order valence-corrected chi connectivity index (χ1v) is 8.37. The SMILES string of the molecule is Cn1cc(-c2cc3nccnc3[nH]2)c2cc(-c3ccc(O)cc3)ccc21. The summed E-state index contributed by atoms with van der Waals surface area (Å²) in [6.45, 7) is 0. The third kappa shape index (κ3) is 2.25. The standard InChI is InChI=1S/C21H16N4O/c1-25-12-17(18-11-19-21(24-18)23-9-8-22-19)16-10-14(4-7-20(16)25)13-2-5-15(26)6-3-13/h2-12,26H,1H3,(H,23,24). The highest BCUT2D eigenvalue weighted by atomic mass is 16.3. The average Bonchev–Trinajstić information content (AvgIpc) is 3.23. The molecule has 0 saturated heterocycles. The molecular formula is C21H16N4O. The van der Waals surface area contributed by atoms with Crippen molar-refractivity contribution in [2.75, 3.05) is 0 Å². The number of nitrogens with one attached hydrogen (secondary N) is 1. The number of aryl methyl sites for hydroxylation is 1. The van der Waals surface area contributed by atoms with Crippen molar-refractivity contribution in [2.24, 2.45) is 7.05 Å². The van der Waals surface area contributed by atoms with Crippen LogP contribution < -0.4 is 0 Å². The van der Waals surface area contributed by atoms with Gasteiger partial charge in [-0.15, -0.1) is 0 Å². The molecule has 0 spiro atoms. The number of hydrogen-bond donors (Lipinski definition) is 2. The van der Waals surface area contributed by atoms with E-state index in [1.54, 1.807) is 24.5 Å². The molecule has 0 radical (unpaired) electrons. The maximum atomic E-state index is 9.52. The maximum absolute atomic E-state index is 9.52. The van der Waals surface area contributed by atoms with E-state index in [1.165, 1.54) is 0 Å². The summed E-state index contributed by atoms with van der Waals surface area (Å²) >= 11 is 0. The Morgan fingerprint density at radius 3 is 2.50 bits per heavy atom. The van der Waals surface area contributed by atoms with E-state index >= 15 is 0 Å². The van der Waals surface area contributed by atoms with Gasteiger partial charge in [0.05, 0.1) is 5.69 Å². The van der Waals surface area contributed by atoms with E-state index in [-0.39, 0.29) is 5.75 Å². The Morgan fingerprint density at radius 2 is 1.69 bits per heavy atom. The highest BCUT2D eigenvalue weighted by Crippen LogP contribution is 2.34. The van der Waals surface area contributed by atoms with Gasteiger partial charge in [-0.25, -0.2) is 4.98 Å². The number of nitrogens with zero attached hydrogens (tertiary/aromatic N) is 3. The Kier molecular flexibility index (Phi) is 3.09. The van der Waals surface area contributed by atoms with Crippen LogP contribution in [0.15, 0.2) is 67.1 Å². The molecule has 5 nitrogen and oxygen atoms in total. The average molecular weight is 340 g/mol. The molecular weight excluding hydrogens is 324 g/mol. The first kappa shape index (κ1) is 14.7. The predicted octanol–water partition coefficient (Wildman–Crippen LogP) is 4.49. The van der Waals surface area contributed by atoms with Crippen molar-refractivity contribution in [2.45, 2.75) is 0 Å². The molecule has 5 aromatic rings. The van der Waals surface area contributed by atoms with E-state index in [2.05, 4.69) is 43.9 Å². The number of H-pyrrole nitrogens is 1. The fourth-order valence-corrected chi connectivity index (χ4v) is 3.44. The Bertz CT molecular complexity index is 1220. The molecule has 26 heavy (non-hydrogen) atoms. The molecule has 5 rings (SSSR count). The van der Waals surface area contributed by atoms with Gasteiger partial charge in [0.15, 0.2) is 5.65 Å². The molecule has 0 atom stereocenters. The van der Waals surface area contributed by atoms with Crippen LogP contribution in [-0.4, -0.2) is 24.6 Å². The number of fused-ring (bicyclic) bond motifs is 2. The summed E-state index contributed by atoms with van der Waals surface area (Å²) in [6, 6.07) is 15.7. The Labute approximate surface area is 149 Å². The second kappa shape index (κ2) is 5.46. The molecule has 3 aromatic heterocycles. The van der Waals surface area contributed by atoms with Gasteiger partial charge < -0.3 is 14.7 Å². The minimum absolute atomic E-state index is 0.272. The minimum atomic E-state index is 0.272. The zero-order valence-corrected chi connectivity index (χ0v) is 14.1. The van der Waals surface area contributed by atoms with Gasteiger partial charge in [-0.05, 0) is 41.5 Å². The Morgan fingerprint density at radius 1 is 0.923 bits per heavy atom. The molecule has 5 heteroatoms. The predicted molar refractivity (Wildman–Crippen MR) is 103 cm³/mol. The van der Waals surface area contributed by atoms with Crippen LogP contribution in [0.1, 0.15) is 0 Å². The van der Waals surface area contributed by atoms with Gasteiger partial charge in [0.2, 0.25) is 0 Å². The molecule has 126 valence electrons. The second-order valence-corrected chi connectivity index (χ2v) is 6.41. The number of rotatable bonds is 2. The quantitative estimate of drug-likeness (QED) is 0.497. The number of phenolic OH excluding ortho intramolecular Hbond substituents is 1. The van der Waals surface area contributed by atoms with Crippen molar-refractivity contribution in [1.29, 1.82) is 0 Å². The zero-order chi connectivity index (χ0) is 17.7. The van der Waals surface area contributed by atoms with Crippen LogP contribution in [-0.2, 0) is 7.05 Å². The van der Waals surface area contributed by atoms with Gasteiger partial charge in [-0.1, -0.05) is 18.2 Å². The number of benzene rings is 2. The first-order valence-electron chi connectivity index (χ1n) is 8.37. The molecule has 0 unspecified atom stereocenters. The van der Waals surface area contributed by atoms with Crippen LogP contribution in [0.4, 0.5) is 0 Å². The highest BCUT2D eigenvalue weighted by Gasteiger charge is 2.13. The maximum Gasteiger partial charge on any atom is 0.156 e. The van der Waals surface area contributed by atoms with E-state index < -0.39 is 0 Å². The first-order chi connectivity index (χ1) is 12.7. The second-order valence-electron chi connectivity index (χ2n) is 6.41. The Balaban J connectivity index is 1.72. The number of aromatic hydroxyl groups is 1. The minimum Gasteiger partial charge on any atom is -0.508 e. The summed E-state index contributed by atoms with van der Waals surface area (Å²) in [5.41, 5.74) is 7.09. The molecule has 0 aliphatic carbocycles. The summed E-state index contributed by atoms with van der Waals surface area (Å²) in [5, 5.41) is 10.7. The fraction of sp³-hybridized carbons (Fsp3) is 0.0476. The van der Waals surface area contributed by atoms with Crippen LogP contribution in [0, 0.1) is 0 Å². The summed E-state index contributed by atoms with van der Waals surface area (Å²) in [7, 11) is 2.05. The lowest BCUT2D eigenvalue weighted by atomic mass is 10.0. The van der Waals surface area contributed by atoms with Crippen molar-refractivity contribution in [1.82, 2.24) is 19.5 Å². The van der Waals surface area contributed by atoms with Gasteiger partial charge in [0.1, 0.15) is 11.3 Å². The van der Waals surface area contributed by atoms with Crippen LogP contribution >= 0.6 is 0 Å². The van der Waals surface area contributed by atoms with E-state index in [1.807, 2.05) is 25.2 Å². The van der Waals surface area contributed by atoms with Crippen LogP contribution in [0.25, 0.3) is 44.5 Å². The van der Waals surface area contributed by atoms with Gasteiger partial charge in [-0.2, -0.15) is 0 Å².